The van der Waals surface area contributed by atoms with Crippen LogP contribution in [-0.4, -0.2) is 25.3 Å². The van der Waals surface area contributed by atoms with Crippen LogP contribution in [0.15, 0.2) is 27.9 Å². The predicted octanol–water partition coefficient (Wildman–Crippen LogP) is 1.10. The van der Waals surface area contributed by atoms with Gasteiger partial charge in [-0.05, 0) is 28.0 Å². The number of nitrogen functional groups attached to an aromatic ring is 1. The van der Waals surface area contributed by atoms with E-state index in [0.29, 0.717) is 0 Å². The second-order valence-electron chi connectivity index (χ2n) is 3.38. The fourth-order valence-corrected chi connectivity index (χ4v) is 1.84. The molecule has 0 bridgehead atoms. The van der Waals surface area contributed by atoms with E-state index in [0.717, 1.165) is 16.6 Å². The first-order chi connectivity index (χ1) is 8.83. The van der Waals surface area contributed by atoms with Gasteiger partial charge in [0, 0.05) is 0 Å². The normalized spacial score (nSPS) is 11.3. The number of hydrogen-bond donors (Lipinski definition) is 2. The molecular formula is C9H7N7OS. The van der Waals surface area contributed by atoms with Crippen LogP contribution in [0.25, 0.3) is 11.0 Å². The molecule has 3 rings (SSSR count). The van der Waals surface area contributed by atoms with E-state index in [1.165, 1.54) is 11.7 Å². The van der Waals surface area contributed by atoms with Crippen molar-refractivity contribution in [3.8, 4) is 0 Å². The SMILES string of the molecule is Nc1nonc1N/N=C\c1ccc2nsnc2c1. The van der Waals surface area contributed by atoms with Crippen molar-refractivity contribution in [3.05, 3.63) is 23.8 Å². The van der Waals surface area contributed by atoms with Crippen LogP contribution in [0.1, 0.15) is 5.56 Å². The quantitative estimate of drug-likeness (QED) is 0.535. The maximum Gasteiger partial charge on any atom is 0.235 e. The average molecular weight is 261 g/mol. The van der Waals surface area contributed by atoms with Gasteiger partial charge in [-0.2, -0.15) is 13.8 Å². The zero-order valence-electron chi connectivity index (χ0n) is 8.94. The summed E-state index contributed by atoms with van der Waals surface area (Å²) < 4.78 is 12.7. The number of anilines is 2. The van der Waals surface area contributed by atoms with Crippen molar-refractivity contribution in [1.82, 2.24) is 19.1 Å². The number of nitrogens with zero attached hydrogens (tertiary/aromatic N) is 5. The molecule has 3 N–H and O–H groups in total. The van der Waals surface area contributed by atoms with Crippen molar-refractivity contribution in [2.24, 2.45) is 5.10 Å². The molecule has 2 heterocycles. The lowest BCUT2D eigenvalue weighted by Gasteiger charge is -1.94. The third-order valence-corrected chi connectivity index (χ3v) is 2.73. The number of nitrogens with two attached hydrogens (primary N) is 1. The lowest BCUT2D eigenvalue weighted by atomic mass is 10.2. The van der Waals surface area contributed by atoms with E-state index in [-0.39, 0.29) is 11.6 Å². The molecule has 2 aromatic heterocycles. The molecule has 1 aromatic carbocycles. The second-order valence-corrected chi connectivity index (χ2v) is 3.91. The molecule has 0 fully saturated rings. The van der Waals surface area contributed by atoms with Crippen molar-refractivity contribution in [1.29, 1.82) is 0 Å². The molecule has 9 heteroatoms. The summed E-state index contributed by atoms with van der Waals surface area (Å²) in [5.41, 5.74) is 10.7. The number of hydrogen-bond acceptors (Lipinski definition) is 9. The Hall–Kier alpha value is -2.55. The summed E-state index contributed by atoms with van der Waals surface area (Å²) in [6, 6.07) is 5.65. The monoisotopic (exact) mass is 261 g/mol. The van der Waals surface area contributed by atoms with Crippen LogP contribution in [0.4, 0.5) is 11.6 Å². The molecule has 18 heavy (non-hydrogen) atoms. The first-order valence-corrected chi connectivity index (χ1v) is 5.65. The topological polar surface area (TPSA) is 115 Å². The van der Waals surface area contributed by atoms with Gasteiger partial charge in [0.25, 0.3) is 0 Å². The Labute approximate surface area is 105 Å². The Balaban J connectivity index is 1.77. The van der Waals surface area contributed by atoms with Crippen LogP contribution < -0.4 is 11.2 Å². The standard InChI is InChI=1S/C9H7N7OS/c10-8-9(14-17-13-8)12-11-4-5-1-2-6-7(3-5)16-18-15-6/h1-4H,(H2,10,13)(H,12,14)/b11-4-. The summed E-state index contributed by atoms with van der Waals surface area (Å²) in [5.74, 6) is 0.439. The fourth-order valence-electron chi connectivity index (χ4n) is 1.32. The van der Waals surface area contributed by atoms with E-state index in [2.05, 4.69) is 34.2 Å². The van der Waals surface area contributed by atoms with Gasteiger partial charge in [-0.1, -0.05) is 6.07 Å². The van der Waals surface area contributed by atoms with E-state index in [1.54, 1.807) is 6.21 Å². The van der Waals surface area contributed by atoms with Gasteiger partial charge in [0.1, 0.15) is 11.0 Å². The van der Waals surface area contributed by atoms with Gasteiger partial charge in [-0.25, -0.2) is 4.63 Å². The number of nitrogens with one attached hydrogen (secondary N) is 1. The highest BCUT2D eigenvalue weighted by atomic mass is 32.1. The van der Waals surface area contributed by atoms with Crippen LogP contribution in [0, 0.1) is 0 Å². The minimum Gasteiger partial charge on any atom is -0.378 e. The fraction of sp³-hybridized carbons (Fsp3) is 0. The van der Waals surface area contributed by atoms with Crippen molar-refractivity contribution in [2.45, 2.75) is 0 Å². The molecule has 0 radical (unpaired) electrons. The molecule has 0 aliphatic heterocycles. The van der Waals surface area contributed by atoms with Crippen molar-refractivity contribution in [2.75, 3.05) is 11.2 Å². The van der Waals surface area contributed by atoms with Crippen molar-refractivity contribution >= 4 is 40.6 Å². The predicted molar refractivity (Wildman–Crippen MR) is 67.3 cm³/mol. The van der Waals surface area contributed by atoms with Gasteiger partial charge in [0.15, 0.2) is 0 Å². The molecule has 0 spiro atoms. The summed E-state index contributed by atoms with van der Waals surface area (Å²) in [7, 11) is 0. The highest BCUT2D eigenvalue weighted by Crippen LogP contribution is 2.13. The number of hydrazone groups is 1. The number of aromatic nitrogens is 4. The zero-order valence-corrected chi connectivity index (χ0v) is 9.76. The molecular weight excluding hydrogens is 254 g/mol. The first-order valence-electron chi connectivity index (χ1n) is 4.92. The van der Waals surface area contributed by atoms with E-state index in [9.17, 15) is 0 Å². The number of fused-ring (bicyclic) bond motifs is 1. The van der Waals surface area contributed by atoms with Gasteiger partial charge in [0.05, 0.1) is 17.9 Å². The van der Waals surface area contributed by atoms with Crippen LogP contribution in [0.3, 0.4) is 0 Å². The largest absolute Gasteiger partial charge is 0.378 e. The molecule has 3 aromatic rings. The maximum atomic E-state index is 5.46. The average Bonchev–Trinajstić information content (AvgIpc) is 2.98. The summed E-state index contributed by atoms with van der Waals surface area (Å²) >= 11 is 1.18. The lowest BCUT2D eigenvalue weighted by Crippen LogP contribution is -1.95. The van der Waals surface area contributed by atoms with Crippen LogP contribution in [0.5, 0.6) is 0 Å². The summed E-state index contributed by atoms with van der Waals surface area (Å²) in [6.07, 6.45) is 1.62. The van der Waals surface area contributed by atoms with E-state index in [1.807, 2.05) is 18.2 Å². The van der Waals surface area contributed by atoms with E-state index in [4.69, 9.17) is 5.73 Å². The highest BCUT2D eigenvalue weighted by molar-refractivity contribution is 7.00. The molecule has 0 amide bonds. The van der Waals surface area contributed by atoms with Crippen molar-refractivity contribution in [3.63, 3.8) is 0 Å². The van der Waals surface area contributed by atoms with Gasteiger partial charge >= 0.3 is 0 Å². The lowest BCUT2D eigenvalue weighted by molar-refractivity contribution is 0.310. The first kappa shape index (κ1) is 10.6. The summed E-state index contributed by atoms with van der Waals surface area (Å²) in [5, 5.41) is 10.9. The minimum absolute atomic E-state index is 0.159. The van der Waals surface area contributed by atoms with E-state index < -0.39 is 0 Å². The summed E-state index contributed by atoms with van der Waals surface area (Å²) in [4.78, 5) is 0. The smallest absolute Gasteiger partial charge is 0.235 e. The van der Waals surface area contributed by atoms with Gasteiger partial charge in [0.2, 0.25) is 11.6 Å². The van der Waals surface area contributed by atoms with Gasteiger partial charge in [-0.3, -0.25) is 5.43 Å². The summed E-state index contributed by atoms with van der Waals surface area (Å²) in [6.45, 7) is 0. The third-order valence-electron chi connectivity index (χ3n) is 2.18. The van der Waals surface area contributed by atoms with Crippen LogP contribution in [-0.2, 0) is 0 Å². The number of benzene rings is 1. The third kappa shape index (κ3) is 1.98. The molecule has 0 aliphatic rings. The molecule has 0 saturated carbocycles. The Morgan fingerprint density at radius 2 is 2.17 bits per heavy atom. The molecule has 0 saturated heterocycles. The van der Waals surface area contributed by atoms with Crippen LogP contribution in [0.2, 0.25) is 0 Å². The van der Waals surface area contributed by atoms with Crippen LogP contribution >= 0.6 is 11.7 Å². The molecule has 0 unspecified atom stereocenters. The maximum absolute atomic E-state index is 5.46. The highest BCUT2D eigenvalue weighted by Gasteiger charge is 2.03. The molecule has 0 atom stereocenters. The number of rotatable bonds is 3. The zero-order chi connectivity index (χ0) is 12.4. The minimum atomic E-state index is 0.159. The molecule has 8 nitrogen and oxygen atoms in total. The van der Waals surface area contributed by atoms with Gasteiger partial charge in [-0.15, -0.1) is 0 Å². The van der Waals surface area contributed by atoms with Crippen molar-refractivity contribution < 1.29 is 4.63 Å². The molecule has 90 valence electrons. The molecule has 0 aliphatic carbocycles. The van der Waals surface area contributed by atoms with Gasteiger partial charge < -0.3 is 5.73 Å². The Morgan fingerprint density at radius 1 is 1.28 bits per heavy atom. The Morgan fingerprint density at radius 3 is 3.00 bits per heavy atom. The second kappa shape index (κ2) is 4.37. The Bertz CT molecular complexity index is 704. The van der Waals surface area contributed by atoms with E-state index >= 15 is 0 Å². The Kier molecular flexibility index (Phi) is 2.57.